The van der Waals surface area contributed by atoms with Crippen molar-refractivity contribution in [1.29, 1.82) is 0 Å². The van der Waals surface area contributed by atoms with Gasteiger partial charge in [-0.25, -0.2) is 0 Å². The molecule has 1 aromatic carbocycles. The lowest BCUT2D eigenvalue weighted by Crippen LogP contribution is -2.28. The molecule has 0 aromatic heterocycles. The van der Waals surface area contributed by atoms with Gasteiger partial charge in [0, 0.05) is 12.2 Å². The van der Waals surface area contributed by atoms with Gasteiger partial charge in [0.05, 0.1) is 5.41 Å². The van der Waals surface area contributed by atoms with Gasteiger partial charge in [0.25, 0.3) is 0 Å². The number of benzene rings is 1. The van der Waals surface area contributed by atoms with Crippen LogP contribution in [0.15, 0.2) is 12.1 Å². The lowest BCUT2D eigenvalue weighted by Gasteiger charge is -2.29. The van der Waals surface area contributed by atoms with Crippen LogP contribution in [0.3, 0.4) is 0 Å². The van der Waals surface area contributed by atoms with E-state index in [0.29, 0.717) is 12.2 Å². The maximum atomic E-state index is 12.2. The number of carbonyl (C=O) groups excluding carboxylic acids is 1. The van der Waals surface area contributed by atoms with Crippen LogP contribution < -0.4 is 4.74 Å². The molecule has 1 aromatic rings. The smallest absolute Gasteiger partial charge is 0.316 e. The highest BCUT2D eigenvalue weighted by Crippen LogP contribution is 2.38. The van der Waals surface area contributed by atoms with Gasteiger partial charge in [-0.05, 0) is 63.6 Å². The lowest BCUT2D eigenvalue weighted by atomic mass is 9.78. The number of rotatable bonds is 4. The van der Waals surface area contributed by atoms with Gasteiger partial charge in [-0.1, -0.05) is 19.9 Å². The molecule has 21 heavy (non-hydrogen) atoms. The zero-order valence-electron chi connectivity index (χ0n) is 14.3. The predicted molar refractivity (Wildman–Crippen MR) is 85.7 cm³/mol. The second-order valence-electron chi connectivity index (χ2n) is 7.45. The lowest BCUT2D eigenvalue weighted by molar-refractivity contribution is -0.143. The first-order valence-electron chi connectivity index (χ1n) is 7.44. The van der Waals surface area contributed by atoms with Crippen molar-refractivity contribution < 1.29 is 14.6 Å². The molecule has 0 aliphatic rings. The fourth-order valence-electron chi connectivity index (χ4n) is 2.53. The third kappa shape index (κ3) is 4.31. The monoisotopic (exact) mass is 292 g/mol. The van der Waals surface area contributed by atoms with Gasteiger partial charge in [-0.15, -0.1) is 0 Å². The Bertz CT molecular complexity index is 522. The van der Waals surface area contributed by atoms with E-state index in [9.17, 15) is 9.90 Å². The zero-order valence-corrected chi connectivity index (χ0v) is 14.3. The van der Waals surface area contributed by atoms with Gasteiger partial charge < -0.3 is 9.84 Å². The third-order valence-corrected chi connectivity index (χ3v) is 3.67. The van der Waals surface area contributed by atoms with Crippen molar-refractivity contribution >= 4 is 5.97 Å². The van der Waals surface area contributed by atoms with Gasteiger partial charge in [0.2, 0.25) is 0 Å². The van der Waals surface area contributed by atoms with Crippen LogP contribution in [0.2, 0.25) is 0 Å². The first-order valence-corrected chi connectivity index (χ1v) is 7.44. The van der Waals surface area contributed by atoms with E-state index >= 15 is 0 Å². The summed E-state index contributed by atoms with van der Waals surface area (Å²) in [6.07, 6.45) is 0.622. The van der Waals surface area contributed by atoms with Crippen LogP contribution in [0.4, 0.5) is 0 Å². The van der Waals surface area contributed by atoms with E-state index in [1.54, 1.807) is 0 Å². The Kier molecular flexibility index (Phi) is 5.21. The average Bonchev–Trinajstić information content (AvgIpc) is 2.25. The number of aryl methyl sites for hydroxylation is 2. The van der Waals surface area contributed by atoms with Crippen molar-refractivity contribution in [3.63, 3.8) is 0 Å². The normalized spacial score (nSPS) is 12.4. The summed E-state index contributed by atoms with van der Waals surface area (Å²) in [6, 6.07) is 3.99. The molecule has 0 amide bonds. The molecule has 3 nitrogen and oxygen atoms in total. The van der Waals surface area contributed by atoms with Crippen LogP contribution in [0.5, 0.6) is 5.75 Å². The van der Waals surface area contributed by atoms with Crippen molar-refractivity contribution in [1.82, 2.24) is 0 Å². The molecular weight excluding hydrogens is 264 g/mol. The molecule has 0 aliphatic carbocycles. The molecule has 0 aliphatic heterocycles. The van der Waals surface area contributed by atoms with Crippen LogP contribution in [0.1, 0.15) is 57.7 Å². The van der Waals surface area contributed by atoms with Crippen LogP contribution in [-0.4, -0.2) is 17.7 Å². The van der Waals surface area contributed by atoms with Gasteiger partial charge in [-0.2, -0.15) is 0 Å². The van der Waals surface area contributed by atoms with E-state index in [4.69, 9.17) is 4.74 Å². The number of esters is 1. The first-order chi connectivity index (χ1) is 9.49. The molecule has 118 valence electrons. The van der Waals surface area contributed by atoms with E-state index in [2.05, 4.69) is 19.9 Å². The topological polar surface area (TPSA) is 46.5 Å². The minimum atomic E-state index is -0.546. The summed E-state index contributed by atoms with van der Waals surface area (Å²) >= 11 is 0. The average molecular weight is 292 g/mol. The zero-order chi connectivity index (χ0) is 16.4. The summed E-state index contributed by atoms with van der Waals surface area (Å²) < 4.78 is 5.68. The Labute approximate surface area is 128 Å². The van der Waals surface area contributed by atoms with E-state index in [0.717, 1.165) is 16.7 Å². The van der Waals surface area contributed by atoms with E-state index < -0.39 is 5.41 Å². The minimum Gasteiger partial charge on any atom is -0.426 e. The molecule has 0 spiro atoms. The third-order valence-electron chi connectivity index (χ3n) is 3.67. The SMILES string of the molecule is Cc1cc(C)c(C(C)(C)CCO)c(OC(=O)C(C)(C)C)c1. The first kappa shape index (κ1) is 17.7. The fraction of sp³-hybridized carbons (Fsp3) is 0.611. The molecule has 1 N–H and O–H groups in total. The molecular formula is C18H28O3. The van der Waals surface area contributed by atoms with Crippen molar-refractivity contribution in [2.75, 3.05) is 6.61 Å². The molecule has 0 saturated carbocycles. The minimum absolute atomic E-state index is 0.104. The second-order valence-corrected chi connectivity index (χ2v) is 7.45. The van der Waals surface area contributed by atoms with Crippen molar-refractivity contribution in [3.05, 3.63) is 28.8 Å². The molecule has 0 radical (unpaired) electrons. The Morgan fingerprint density at radius 2 is 1.71 bits per heavy atom. The maximum Gasteiger partial charge on any atom is 0.316 e. The Hall–Kier alpha value is -1.35. The standard InChI is InChI=1S/C18H28O3/c1-12-10-13(2)15(18(6,7)8-9-19)14(11-12)21-16(20)17(3,4)5/h10-11,19H,8-9H2,1-7H3. The molecule has 0 unspecified atom stereocenters. The summed E-state index contributed by atoms with van der Waals surface area (Å²) in [7, 11) is 0. The summed E-state index contributed by atoms with van der Waals surface area (Å²) in [5.74, 6) is 0.374. The molecule has 0 bridgehead atoms. The van der Waals surface area contributed by atoms with E-state index in [1.807, 2.05) is 40.7 Å². The number of hydrogen-bond donors (Lipinski definition) is 1. The van der Waals surface area contributed by atoms with Crippen LogP contribution in [0.25, 0.3) is 0 Å². The van der Waals surface area contributed by atoms with Crippen molar-refractivity contribution in [2.24, 2.45) is 5.41 Å². The van der Waals surface area contributed by atoms with Gasteiger partial charge >= 0.3 is 5.97 Å². The highest BCUT2D eigenvalue weighted by molar-refractivity contribution is 5.78. The molecule has 0 fully saturated rings. The van der Waals surface area contributed by atoms with E-state index in [1.165, 1.54) is 0 Å². The van der Waals surface area contributed by atoms with Crippen molar-refractivity contribution in [3.8, 4) is 5.75 Å². The van der Waals surface area contributed by atoms with Gasteiger partial charge in [-0.3, -0.25) is 4.79 Å². The quantitative estimate of drug-likeness (QED) is 0.676. The van der Waals surface area contributed by atoms with Crippen LogP contribution in [0, 0.1) is 19.3 Å². The van der Waals surface area contributed by atoms with Crippen LogP contribution in [-0.2, 0) is 10.2 Å². The number of carbonyl (C=O) groups is 1. The second kappa shape index (κ2) is 6.18. The summed E-state index contributed by atoms with van der Waals surface area (Å²) in [5, 5.41) is 9.30. The van der Waals surface area contributed by atoms with Gasteiger partial charge in [0.15, 0.2) is 0 Å². The highest BCUT2D eigenvalue weighted by Gasteiger charge is 2.30. The number of hydrogen-bond acceptors (Lipinski definition) is 3. The largest absolute Gasteiger partial charge is 0.426 e. The Morgan fingerprint density at radius 1 is 1.14 bits per heavy atom. The van der Waals surface area contributed by atoms with Crippen molar-refractivity contribution in [2.45, 2.75) is 60.3 Å². The summed E-state index contributed by atoms with van der Waals surface area (Å²) in [6.45, 7) is 13.8. The Morgan fingerprint density at radius 3 is 2.19 bits per heavy atom. The molecule has 1 rings (SSSR count). The predicted octanol–water partition coefficient (Wildman–Crippen LogP) is 3.91. The summed E-state index contributed by atoms with van der Waals surface area (Å²) in [4.78, 5) is 12.2. The van der Waals surface area contributed by atoms with E-state index in [-0.39, 0.29) is 18.0 Å². The molecule has 0 heterocycles. The number of aliphatic hydroxyl groups is 1. The maximum absolute atomic E-state index is 12.2. The molecule has 0 saturated heterocycles. The fourth-order valence-corrected chi connectivity index (χ4v) is 2.53. The Balaban J connectivity index is 3.34. The van der Waals surface area contributed by atoms with Gasteiger partial charge in [0.1, 0.15) is 5.75 Å². The number of ether oxygens (including phenoxy) is 1. The highest BCUT2D eigenvalue weighted by atomic mass is 16.5. The number of aliphatic hydroxyl groups excluding tert-OH is 1. The van der Waals surface area contributed by atoms with Crippen LogP contribution >= 0.6 is 0 Å². The molecule has 0 atom stereocenters. The molecule has 3 heteroatoms. The summed E-state index contributed by atoms with van der Waals surface area (Å²) in [5.41, 5.74) is 2.36.